The van der Waals surface area contributed by atoms with Crippen LogP contribution < -0.4 is 10.6 Å². The van der Waals surface area contributed by atoms with Crippen molar-refractivity contribution >= 4 is 29.8 Å². The van der Waals surface area contributed by atoms with Gasteiger partial charge in [-0.15, -0.1) is 12.4 Å². The van der Waals surface area contributed by atoms with Crippen molar-refractivity contribution in [2.24, 2.45) is 5.92 Å². The average molecular weight is 354 g/mol. The summed E-state index contributed by atoms with van der Waals surface area (Å²) in [5.41, 5.74) is 1.17. The van der Waals surface area contributed by atoms with E-state index >= 15 is 0 Å². The molecule has 0 aromatic heterocycles. The number of para-hydroxylation sites is 1. The number of hydrogen-bond acceptors (Lipinski definition) is 4. The van der Waals surface area contributed by atoms with Gasteiger partial charge in [-0.3, -0.25) is 14.5 Å². The van der Waals surface area contributed by atoms with Crippen LogP contribution in [0, 0.1) is 5.92 Å². The van der Waals surface area contributed by atoms with Crippen LogP contribution in [0.5, 0.6) is 0 Å². The lowest BCUT2D eigenvalue weighted by molar-refractivity contribution is -0.117. The van der Waals surface area contributed by atoms with Gasteiger partial charge >= 0.3 is 0 Å². The lowest BCUT2D eigenvalue weighted by atomic mass is 9.93. The summed E-state index contributed by atoms with van der Waals surface area (Å²) in [6.07, 6.45) is 3.51. The monoisotopic (exact) mass is 353 g/mol. The largest absolute Gasteiger partial charge is 0.324 e. The fraction of sp³-hybridized carbons (Fsp3) is 0.556. The van der Waals surface area contributed by atoms with Crippen molar-refractivity contribution in [2.45, 2.75) is 26.2 Å². The van der Waals surface area contributed by atoms with Crippen LogP contribution in [0.3, 0.4) is 0 Å². The number of hydrogen-bond donors (Lipinski definition) is 2. The maximum atomic E-state index is 12.2. The number of benzene rings is 1. The Morgan fingerprint density at radius 2 is 1.88 bits per heavy atom. The van der Waals surface area contributed by atoms with Gasteiger partial charge in [0, 0.05) is 5.56 Å². The first kappa shape index (κ1) is 20.6. The van der Waals surface area contributed by atoms with Crippen molar-refractivity contribution in [3.05, 3.63) is 29.8 Å². The Balaban J connectivity index is 0.00000288. The Bertz CT molecular complexity index is 543. The highest BCUT2D eigenvalue weighted by atomic mass is 35.5. The van der Waals surface area contributed by atoms with Crippen LogP contribution in [0.1, 0.15) is 36.5 Å². The minimum atomic E-state index is -0.0487. The second-order valence-corrected chi connectivity index (χ2v) is 6.26. The minimum absolute atomic E-state index is 0. The molecule has 0 saturated carbocycles. The first-order chi connectivity index (χ1) is 11.1. The molecule has 1 amide bonds. The number of rotatable bonds is 7. The molecule has 1 fully saturated rings. The highest BCUT2D eigenvalue weighted by Crippen LogP contribution is 2.20. The van der Waals surface area contributed by atoms with Gasteiger partial charge in [0.25, 0.3) is 0 Å². The molecule has 5 nitrogen and oxygen atoms in total. The second kappa shape index (κ2) is 10.4. The average Bonchev–Trinajstić information content (AvgIpc) is 2.54. The van der Waals surface area contributed by atoms with Crippen molar-refractivity contribution in [3.63, 3.8) is 0 Å². The van der Waals surface area contributed by atoms with Crippen LogP contribution in [0.15, 0.2) is 24.3 Å². The molecular formula is C18H28ClN3O2. The number of ketones is 1. The molecule has 0 aliphatic carbocycles. The van der Waals surface area contributed by atoms with E-state index in [9.17, 15) is 9.59 Å². The molecule has 134 valence electrons. The molecule has 2 N–H and O–H groups in total. The van der Waals surface area contributed by atoms with Crippen molar-refractivity contribution in [1.82, 2.24) is 10.2 Å². The maximum Gasteiger partial charge on any atom is 0.238 e. The van der Waals surface area contributed by atoms with Crippen LogP contribution in [0.2, 0.25) is 0 Å². The van der Waals surface area contributed by atoms with Gasteiger partial charge in [-0.2, -0.15) is 0 Å². The Morgan fingerprint density at radius 1 is 1.21 bits per heavy atom. The lowest BCUT2D eigenvalue weighted by Gasteiger charge is -2.31. The predicted molar refractivity (Wildman–Crippen MR) is 100 cm³/mol. The number of piperidine rings is 1. The van der Waals surface area contributed by atoms with Gasteiger partial charge in [0.15, 0.2) is 5.78 Å². The molecule has 2 rings (SSSR count). The van der Waals surface area contributed by atoms with Crippen LogP contribution in [-0.2, 0) is 4.79 Å². The first-order valence-electron chi connectivity index (χ1n) is 8.37. The number of amides is 1. The molecule has 0 atom stereocenters. The Labute approximate surface area is 150 Å². The van der Waals surface area contributed by atoms with E-state index in [1.54, 1.807) is 12.1 Å². The summed E-state index contributed by atoms with van der Waals surface area (Å²) in [7, 11) is 1.98. The predicted octanol–water partition coefficient (Wildman–Crippen LogP) is 2.57. The van der Waals surface area contributed by atoms with Crippen molar-refractivity contribution in [3.8, 4) is 0 Å². The highest BCUT2D eigenvalue weighted by molar-refractivity contribution is 6.04. The molecule has 24 heavy (non-hydrogen) atoms. The van der Waals surface area contributed by atoms with E-state index in [0.29, 0.717) is 17.8 Å². The summed E-state index contributed by atoms with van der Waals surface area (Å²) in [4.78, 5) is 26.0. The molecule has 1 aromatic rings. The number of likely N-dealkylation sites (tertiary alicyclic amines) is 1. The minimum Gasteiger partial charge on any atom is -0.324 e. The van der Waals surface area contributed by atoms with Gasteiger partial charge in [-0.1, -0.05) is 12.1 Å². The van der Waals surface area contributed by atoms with Crippen LogP contribution in [0.4, 0.5) is 5.69 Å². The third-order valence-electron chi connectivity index (χ3n) is 4.46. The van der Waals surface area contributed by atoms with E-state index in [1.807, 2.05) is 19.2 Å². The van der Waals surface area contributed by atoms with Crippen LogP contribution in [-0.4, -0.2) is 49.8 Å². The normalized spacial score (nSPS) is 15.6. The summed E-state index contributed by atoms with van der Waals surface area (Å²) in [5, 5.41) is 6.07. The number of carbonyl (C=O) groups excluding carboxylic acids is 2. The molecule has 0 spiro atoms. The molecule has 0 unspecified atom stereocenters. The summed E-state index contributed by atoms with van der Waals surface area (Å²) < 4.78 is 0. The molecule has 0 bridgehead atoms. The topological polar surface area (TPSA) is 61.4 Å². The SMILES string of the molecule is CNCCC1CCN(CC(=O)Nc2ccccc2C(C)=O)CC1.Cl. The van der Waals surface area contributed by atoms with E-state index in [0.717, 1.165) is 38.4 Å². The third-order valence-corrected chi connectivity index (χ3v) is 4.46. The van der Waals surface area contributed by atoms with Gasteiger partial charge in [-0.05, 0) is 70.9 Å². The van der Waals surface area contributed by atoms with E-state index < -0.39 is 0 Å². The number of halogens is 1. The molecular weight excluding hydrogens is 326 g/mol. The summed E-state index contributed by atoms with van der Waals surface area (Å²) in [6.45, 7) is 4.91. The number of anilines is 1. The zero-order valence-electron chi connectivity index (χ0n) is 14.5. The van der Waals surface area contributed by atoms with E-state index in [4.69, 9.17) is 0 Å². The van der Waals surface area contributed by atoms with Gasteiger partial charge in [0.2, 0.25) is 5.91 Å². The van der Waals surface area contributed by atoms with E-state index in [1.165, 1.54) is 13.3 Å². The van der Waals surface area contributed by atoms with Gasteiger partial charge < -0.3 is 10.6 Å². The number of nitrogens with zero attached hydrogens (tertiary/aromatic N) is 1. The Morgan fingerprint density at radius 3 is 2.50 bits per heavy atom. The van der Waals surface area contributed by atoms with Gasteiger partial charge in [0.1, 0.15) is 0 Å². The Hall–Kier alpha value is -1.43. The second-order valence-electron chi connectivity index (χ2n) is 6.26. The zero-order chi connectivity index (χ0) is 16.7. The molecule has 0 radical (unpaired) electrons. The summed E-state index contributed by atoms with van der Waals surface area (Å²) in [5.74, 6) is 0.679. The molecule has 1 aromatic carbocycles. The Kier molecular flexibility index (Phi) is 8.97. The molecule has 1 aliphatic heterocycles. The van der Waals surface area contributed by atoms with Crippen molar-refractivity contribution < 1.29 is 9.59 Å². The van der Waals surface area contributed by atoms with Crippen molar-refractivity contribution in [2.75, 3.05) is 38.5 Å². The van der Waals surface area contributed by atoms with E-state index in [2.05, 4.69) is 15.5 Å². The number of nitrogens with one attached hydrogen (secondary N) is 2. The summed E-state index contributed by atoms with van der Waals surface area (Å²) >= 11 is 0. The molecule has 1 saturated heterocycles. The van der Waals surface area contributed by atoms with Crippen LogP contribution in [0.25, 0.3) is 0 Å². The standard InChI is InChI=1S/C18H27N3O2.ClH/c1-14(22)16-5-3-4-6-17(16)20-18(23)13-21-11-8-15(9-12-21)7-10-19-2;/h3-6,15,19H,7-13H2,1-2H3,(H,20,23);1H. The quantitative estimate of drug-likeness (QED) is 0.740. The molecule has 1 heterocycles. The van der Waals surface area contributed by atoms with Crippen molar-refractivity contribution in [1.29, 1.82) is 0 Å². The zero-order valence-corrected chi connectivity index (χ0v) is 15.3. The van der Waals surface area contributed by atoms with E-state index in [-0.39, 0.29) is 24.1 Å². The maximum absolute atomic E-state index is 12.2. The number of Topliss-reactive ketones (excluding diaryl/α,β-unsaturated/α-hetero) is 1. The fourth-order valence-corrected chi connectivity index (χ4v) is 3.07. The third kappa shape index (κ3) is 6.23. The smallest absolute Gasteiger partial charge is 0.238 e. The lowest BCUT2D eigenvalue weighted by Crippen LogP contribution is -2.39. The highest BCUT2D eigenvalue weighted by Gasteiger charge is 2.20. The fourth-order valence-electron chi connectivity index (χ4n) is 3.07. The molecule has 1 aliphatic rings. The van der Waals surface area contributed by atoms with Crippen LogP contribution >= 0.6 is 12.4 Å². The molecule has 6 heteroatoms. The van der Waals surface area contributed by atoms with Gasteiger partial charge in [0.05, 0.1) is 12.2 Å². The first-order valence-corrected chi connectivity index (χ1v) is 8.37. The van der Waals surface area contributed by atoms with Gasteiger partial charge in [-0.25, -0.2) is 0 Å². The summed E-state index contributed by atoms with van der Waals surface area (Å²) in [6, 6.07) is 7.15. The number of carbonyl (C=O) groups is 2.